The average Bonchev–Trinajstić information content (AvgIpc) is 3.51. The molecule has 0 aliphatic heterocycles. The zero-order valence-corrected chi connectivity index (χ0v) is 16.2. The second-order valence-electron chi connectivity index (χ2n) is 6.68. The molecule has 0 aromatic heterocycles. The molecular formula is C21H24N4O4. The molecule has 3 rings (SSSR count). The minimum atomic E-state index is -0.322. The molecule has 0 saturated heterocycles. The van der Waals surface area contributed by atoms with E-state index in [4.69, 9.17) is 4.74 Å². The second kappa shape index (κ2) is 9.59. The number of carbonyl (C=O) groups excluding carboxylic acids is 3. The number of rotatable bonds is 8. The van der Waals surface area contributed by atoms with Crippen molar-refractivity contribution in [3.05, 3.63) is 54.1 Å². The summed E-state index contributed by atoms with van der Waals surface area (Å²) in [6, 6.07) is 13.5. The lowest BCUT2D eigenvalue weighted by molar-refractivity contribution is -0.122. The molecule has 0 heterocycles. The van der Waals surface area contributed by atoms with Crippen LogP contribution >= 0.6 is 0 Å². The fourth-order valence-corrected chi connectivity index (χ4v) is 2.58. The van der Waals surface area contributed by atoms with Crippen LogP contribution in [0.3, 0.4) is 0 Å². The first-order valence-corrected chi connectivity index (χ1v) is 9.52. The van der Waals surface area contributed by atoms with Crippen LogP contribution in [0.1, 0.15) is 30.1 Å². The lowest BCUT2D eigenvalue weighted by Gasteiger charge is -2.10. The van der Waals surface area contributed by atoms with Gasteiger partial charge in [-0.25, -0.2) is 4.79 Å². The molecule has 0 spiro atoms. The molecule has 2 aromatic rings. The third-order valence-electron chi connectivity index (χ3n) is 4.13. The molecule has 4 amide bonds. The highest BCUT2D eigenvalue weighted by Gasteiger charge is 2.23. The summed E-state index contributed by atoms with van der Waals surface area (Å²) in [7, 11) is 0. The molecule has 0 radical (unpaired) electrons. The van der Waals surface area contributed by atoms with Crippen molar-refractivity contribution in [2.75, 3.05) is 23.8 Å². The zero-order chi connectivity index (χ0) is 20.6. The van der Waals surface area contributed by atoms with Gasteiger partial charge in [0.2, 0.25) is 0 Å². The first-order valence-electron chi connectivity index (χ1n) is 9.52. The Hall–Kier alpha value is -3.55. The van der Waals surface area contributed by atoms with Crippen molar-refractivity contribution in [2.24, 2.45) is 0 Å². The van der Waals surface area contributed by atoms with Crippen LogP contribution in [0.5, 0.6) is 5.75 Å². The van der Waals surface area contributed by atoms with Crippen molar-refractivity contribution in [1.29, 1.82) is 0 Å². The minimum absolute atomic E-state index is 0.0954. The first-order chi connectivity index (χ1) is 14.0. The van der Waals surface area contributed by atoms with Gasteiger partial charge in [-0.05, 0) is 50.1 Å². The molecule has 0 atom stereocenters. The minimum Gasteiger partial charge on any atom is -0.484 e. The van der Waals surface area contributed by atoms with Crippen molar-refractivity contribution < 1.29 is 19.1 Å². The number of benzene rings is 2. The highest BCUT2D eigenvalue weighted by molar-refractivity contribution is 6.05. The monoisotopic (exact) mass is 396 g/mol. The molecule has 29 heavy (non-hydrogen) atoms. The molecule has 0 bridgehead atoms. The predicted molar refractivity (Wildman–Crippen MR) is 110 cm³/mol. The third kappa shape index (κ3) is 6.53. The van der Waals surface area contributed by atoms with Crippen molar-refractivity contribution in [3.8, 4) is 5.75 Å². The van der Waals surface area contributed by atoms with E-state index in [9.17, 15) is 14.4 Å². The fraction of sp³-hybridized carbons (Fsp3) is 0.286. The third-order valence-corrected chi connectivity index (χ3v) is 4.13. The summed E-state index contributed by atoms with van der Waals surface area (Å²) in [6.07, 6.45) is 2.00. The molecule has 1 fully saturated rings. The van der Waals surface area contributed by atoms with Crippen LogP contribution in [0.2, 0.25) is 0 Å². The quantitative estimate of drug-likeness (QED) is 0.550. The van der Waals surface area contributed by atoms with E-state index in [2.05, 4.69) is 21.3 Å². The topological polar surface area (TPSA) is 109 Å². The number of ether oxygens (including phenoxy) is 1. The van der Waals surface area contributed by atoms with Crippen molar-refractivity contribution in [3.63, 3.8) is 0 Å². The maximum atomic E-state index is 12.6. The summed E-state index contributed by atoms with van der Waals surface area (Å²) in [5.74, 6) is -0.0599. The molecule has 2 aromatic carbocycles. The van der Waals surface area contributed by atoms with Gasteiger partial charge in [-0.1, -0.05) is 12.1 Å². The Morgan fingerprint density at radius 1 is 1.00 bits per heavy atom. The molecule has 8 heteroatoms. The van der Waals surface area contributed by atoms with E-state index >= 15 is 0 Å². The summed E-state index contributed by atoms with van der Waals surface area (Å²) in [6.45, 7) is 2.27. The first kappa shape index (κ1) is 20.2. The number of nitrogens with one attached hydrogen (secondary N) is 4. The van der Waals surface area contributed by atoms with E-state index in [1.165, 1.54) is 0 Å². The van der Waals surface area contributed by atoms with Gasteiger partial charge in [-0.3, -0.25) is 9.59 Å². The average molecular weight is 396 g/mol. The number of hydrogen-bond acceptors (Lipinski definition) is 4. The van der Waals surface area contributed by atoms with Crippen LogP contribution in [-0.2, 0) is 4.79 Å². The number of carbonyl (C=O) groups is 3. The van der Waals surface area contributed by atoms with E-state index in [0.29, 0.717) is 29.2 Å². The number of urea groups is 1. The smallest absolute Gasteiger partial charge is 0.319 e. The molecule has 4 N–H and O–H groups in total. The Kier molecular flexibility index (Phi) is 6.67. The number of likely N-dealkylation sites (N-methyl/N-ethyl adjacent to an activating group) is 1. The Morgan fingerprint density at radius 2 is 1.72 bits per heavy atom. The van der Waals surface area contributed by atoms with Crippen LogP contribution in [0.4, 0.5) is 16.2 Å². The Balaban J connectivity index is 1.58. The summed E-state index contributed by atoms with van der Waals surface area (Å²) in [5, 5.41) is 11.0. The highest BCUT2D eigenvalue weighted by atomic mass is 16.5. The molecule has 8 nitrogen and oxygen atoms in total. The van der Waals surface area contributed by atoms with Crippen LogP contribution < -0.4 is 26.0 Å². The number of amides is 4. The van der Waals surface area contributed by atoms with E-state index in [-0.39, 0.29) is 30.5 Å². The number of hydrogen-bond donors (Lipinski definition) is 4. The molecule has 1 saturated carbocycles. The van der Waals surface area contributed by atoms with Gasteiger partial charge < -0.3 is 26.0 Å². The van der Waals surface area contributed by atoms with E-state index in [1.54, 1.807) is 48.5 Å². The van der Waals surface area contributed by atoms with Crippen LogP contribution in [-0.4, -0.2) is 37.0 Å². The van der Waals surface area contributed by atoms with Crippen LogP contribution in [0.15, 0.2) is 48.5 Å². The van der Waals surface area contributed by atoms with Crippen molar-refractivity contribution >= 4 is 29.2 Å². The van der Waals surface area contributed by atoms with Gasteiger partial charge >= 0.3 is 6.03 Å². The molecule has 1 aliphatic carbocycles. The van der Waals surface area contributed by atoms with E-state index < -0.39 is 0 Å². The van der Waals surface area contributed by atoms with Crippen molar-refractivity contribution in [2.45, 2.75) is 25.8 Å². The Bertz CT molecular complexity index is 896. The summed E-state index contributed by atoms with van der Waals surface area (Å²) in [5.41, 5.74) is 1.48. The normalized spacial score (nSPS) is 12.6. The van der Waals surface area contributed by atoms with Gasteiger partial charge in [0.05, 0.1) is 0 Å². The second-order valence-corrected chi connectivity index (χ2v) is 6.68. The lowest BCUT2D eigenvalue weighted by Crippen LogP contribution is -2.30. The van der Waals surface area contributed by atoms with Gasteiger partial charge in [0, 0.05) is 35.6 Å². The highest BCUT2D eigenvalue weighted by Crippen LogP contribution is 2.20. The standard InChI is InChI=1S/C21H24N4O4/c1-2-22-19(26)13-29-18-8-4-7-17(12-18)23-20(27)14-5-3-6-16(11-14)25-21(28)24-15-9-10-15/h3-8,11-12,15H,2,9-10,13H2,1H3,(H,22,26)(H,23,27)(H2,24,25,28). The fourth-order valence-electron chi connectivity index (χ4n) is 2.58. The van der Waals surface area contributed by atoms with Crippen molar-refractivity contribution in [1.82, 2.24) is 10.6 Å². The predicted octanol–water partition coefficient (Wildman–Crippen LogP) is 2.74. The van der Waals surface area contributed by atoms with Gasteiger partial charge in [0.1, 0.15) is 5.75 Å². The lowest BCUT2D eigenvalue weighted by atomic mass is 10.2. The van der Waals surface area contributed by atoms with Gasteiger partial charge in [-0.2, -0.15) is 0 Å². The summed E-state index contributed by atoms with van der Waals surface area (Å²) >= 11 is 0. The maximum Gasteiger partial charge on any atom is 0.319 e. The summed E-state index contributed by atoms with van der Waals surface area (Å²) in [4.78, 5) is 35.9. The molecule has 1 aliphatic rings. The Morgan fingerprint density at radius 3 is 2.45 bits per heavy atom. The van der Waals surface area contributed by atoms with E-state index in [1.807, 2.05) is 6.92 Å². The van der Waals surface area contributed by atoms with Crippen LogP contribution in [0, 0.1) is 0 Å². The number of anilines is 2. The van der Waals surface area contributed by atoms with Gasteiger partial charge in [0.15, 0.2) is 6.61 Å². The molecular weight excluding hydrogens is 372 g/mol. The van der Waals surface area contributed by atoms with E-state index in [0.717, 1.165) is 12.8 Å². The molecule has 152 valence electrons. The summed E-state index contributed by atoms with van der Waals surface area (Å²) < 4.78 is 5.43. The van der Waals surface area contributed by atoms with Gasteiger partial charge in [-0.15, -0.1) is 0 Å². The van der Waals surface area contributed by atoms with Crippen LogP contribution in [0.25, 0.3) is 0 Å². The Labute approximate surface area is 169 Å². The SMILES string of the molecule is CCNC(=O)COc1cccc(NC(=O)c2cccc(NC(=O)NC3CC3)c2)c1. The van der Waals surface area contributed by atoms with Gasteiger partial charge in [0.25, 0.3) is 11.8 Å². The largest absolute Gasteiger partial charge is 0.484 e. The molecule has 0 unspecified atom stereocenters. The maximum absolute atomic E-state index is 12.6. The zero-order valence-electron chi connectivity index (χ0n) is 16.2.